The van der Waals surface area contributed by atoms with E-state index in [4.69, 9.17) is 15.0 Å². The summed E-state index contributed by atoms with van der Waals surface area (Å²) >= 11 is 0. The van der Waals surface area contributed by atoms with Crippen molar-refractivity contribution in [1.29, 1.82) is 0 Å². The molecule has 4 aromatic carbocycles. The van der Waals surface area contributed by atoms with Gasteiger partial charge < -0.3 is 9.97 Å². The van der Waals surface area contributed by atoms with Crippen LogP contribution < -0.4 is 0 Å². The van der Waals surface area contributed by atoms with Crippen LogP contribution in [0, 0.1) is 6.92 Å². The summed E-state index contributed by atoms with van der Waals surface area (Å²) in [5, 5.41) is 3.40. The average Bonchev–Trinajstić information content (AvgIpc) is 3.56. The summed E-state index contributed by atoms with van der Waals surface area (Å²) in [6.07, 6.45) is 3.90. The van der Waals surface area contributed by atoms with Crippen molar-refractivity contribution in [3.8, 4) is 22.3 Å². The molecule has 0 amide bonds. The van der Waals surface area contributed by atoms with Crippen molar-refractivity contribution in [2.45, 2.75) is 39.5 Å². The molecule has 38 heavy (non-hydrogen) atoms. The molecular formula is C33H27N5. The van der Waals surface area contributed by atoms with Gasteiger partial charge in [-0.2, -0.15) is 0 Å². The number of hydrogen-bond donors (Lipinski definition) is 2. The zero-order chi connectivity index (χ0) is 25.5. The van der Waals surface area contributed by atoms with E-state index < -0.39 is 0 Å². The van der Waals surface area contributed by atoms with Gasteiger partial charge in [-0.25, -0.2) is 9.97 Å². The van der Waals surface area contributed by atoms with Crippen molar-refractivity contribution in [3.63, 3.8) is 0 Å². The Balaban J connectivity index is 1.28. The van der Waals surface area contributed by atoms with E-state index >= 15 is 0 Å². The van der Waals surface area contributed by atoms with Gasteiger partial charge in [-0.3, -0.25) is 4.98 Å². The molecule has 0 radical (unpaired) electrons. The average molecular weight is 494 g/mol. The first kappa shape index (κ1) is 21.6. The van der Waals surface area contributed by atoms with Crippen molar-refractivity contribution in [1.82, 2.24) is 24.9 Å². The van der Waals surface area contributed by atoms with E-state index in [0.717, 1.165) is 68.2 Å². The topological polar surface area (TPSA) is 70.2 Å². The minimum atomic E-state index is 0.388. The number of H-pyrrole nitrogens is 2. The summed E-state index contributed by atoms with van der Waals surface area (Å²) in [5.41, 5.74) is 13.2. The molecule has 0 bridgehead atoms. The number of rotatable bonds is 2. The molecule has 2 N–H and O–H groups in total. The van der Waals surface area contributed by atoms with Gasteiger partial charge in [0.2, 0.25) is 0 Å². The van der Waals surface area contributed by atoms with Gasteiger partial charge in [0, 0.05) is 28.3 Å². The fourth-order valence-electron chi connectivity index (χ4n) is 6.26. The third kappa shape index (κ3) is 3.02. The van der Waals surface area contributed by atoms with Crippen LogP contribution >= 0.6 is 0 Å². The molecule has 5 nitrogen and oxygen atoms in total. The standard InChI is InChI=1S/C33H27N5/c1-17(2)33-37-28-13-12-23-22-9-6-19(15-21(22)8-11-24(23)30(28)38-33)20-7-10-25-27(16-20)29-26(5-4-14-34-29)32-31(25)35-18(3)36-32/h4-7,9-10,12-17H,8,11H2,1-3H3,(H,35,36)(H,37,38). The minimum Gasteiger partial charge on any atom is -0.342 e. The van der Waals surface area contributed by atoms with Crippen LogP contribution in [0.15, 0.2) is 66.9 Å². The second-order valence-corrected chi connectivity index (χ2v) is 10.8. The number of imidazole rings is 2. The predicted molar refractivity (Wildman–Crippen MR) is 156 cm³/mol. The van der Waals surface area contributed by atoms with Gasteiger partial charge in [0.05, 0.1) is 27.6 Å². The Bertz CT molecular complexity index is 2080. The van der Waals surface area contributed by atoms with Gasteiger partial charge in [-0.05, 0) is 77.4 Å². The molecule has 0 saturated carbocycles. The molecule has 0 aliphatic heterocycles. The van der Waals surface area contributed by atoms with Crippen LogP contribution in [-0.4, -0.2) is 24.9 Å². The van der Waals surface area contributed by atoms with E-state index in [9.17, 15) is 0 Å². The number of fused-ring (bicyclic) bond motifs is 11. The molecule has 184 valence electrons. The Kier molecular flexibility index (Phi) is 4.40. The smallest absolute Gasteiger partial charge is 0.109 e. The Morgan fingerprint density at radius 1 is 0.737 bits per heavy atom. The SMILES string of the molecule is Cc1nc2c3cccnc3c3cc(-c4ccc5c(c4)CCc4c-5ccc5[nH]c(C(C)C)nc45)ccc3c2[nH]1. The molecule has 1 aliphatic carbocycles. The van der Waals surface area contributed by atoms with Crippen molar-refractivity contribution in [3.05, 3.63) is 89.6 Å². The molecular weight excluding hydrogens is 466 g/mol. The molecule has 0 fully saturated rings. The van der Waals surface area contributed by atoms with Gasteiger partial charge in [0.1, 0.15) is 11.6 Å². The van der Waals surface area contributed by atoms with Crippen LogP contribution in [0.5, 0.6) is 0 Å². The lowest BCUT2D eigenvalue weighted by Gasteiger charge is -2.21. The Morgan fingerprint density at radius 2 is 1.58 bits per heavy atom. The highest BCUT2D eigenvalue weighted by atomic mass is 14.9. The third-order valence-corrected chi connectivity index (χ3v) is 8.13. The lowest BCUT2D eigenvalue weighted by molar-refractivity contribution is 0.798. The number of nitrogens with one attached hydrogen (secondary N) is 2. The summed E-state index contributed by atoms with van der Waals surface area (Å²) in [5.74, 6) is 2.37. The molecule has 0 spiro atoms. The van der Waals surface area contributed by atoms with Gasteiger partial charge >= 0.3 is 0 Å². The summed E-state index contributed by atoms with van der Waals surface area (Å²) in [6, 6.07) is 22.2. The molecule has 0 saturated heterocycles. The first-order valence-electron chi connectivity index (χ1n) is 13.4. The van der Waals surface area contributed by atoms with Crippen molar-refractivity contribution in [2.24, 2.45) is 0 Å². The second-order valence-electron chi connectivity index (χ2n) is 10.8. The lowest BCUT2D eigenvalue weighted by atomic mass is 9.83. The number of aromatic amines is 2. The normalized spacial score (nSPS) is 13.2. The lowest BCUT2D eigenvalue weighted by Crippen LogP contribution is -2.05. The zero-order valence-corrected chi connectivity index (χ0v) is 21.7. The third-order valence-electron chi connectivity index (χ3n) is 8.13. The number of aryl methyl sites for hydroxylation is 3. The van der Waals surface area contributed by atoms with Crippen LogP contribution in [-0.2, 0) is 12.8 Å². The predicted octanol–water partition coefficient (Wildman–Crippen LogP) is 8.01. The number of aromatic nitrogens is 5. The molecule has 7 aromatic rings. The van der Waals surface area contributed by atoms with Crippen LogP contribution in [0.25, 0.3) is 66.0 Å². The van der Waals surface area contributed by atoms with Gasteiger partial charge in [-0.1, -0.05) is 50.2 Å². The Hall–Kier alpha value is -4.51. The van der Waals surface area contributed by atoms with Gasteiger partial charge in [-0.15, -0.1) is 0 Å². The zero-order valence-electron chi connectivity index (χ0n) is 21.7. The Labute approximate surface area is 220 Å². The highest BCUT2D eigenvalue weighted by Gasteiger charge is 2.21. The van der Waals surface area contributed by atoms with E-state index in [-0.39, 0.29) is 0 Å². The summed E-state index contributed by atoms with van der Waals surface area (Å²) < 4.78 is 0. The number of nitrogens with zero attached hydrogens (tertiary/aromatic N) is 3. The van der Waals surface area contributed by atoms with E-state index in [1.54, 1.807) is 0 Å². The fraction of sp³-hybridized carbons (Fsp3) is 0.182. The fourth-order valence-corrected chi connectivity index (χ4v) is 6.26. The maximum absolute atomic E-state index is 4.97. The number of pyridine rings is 1. The number of hydrogen-bond acceptors (Lipinski definition) is 3. The van der Waals surface area contributed by atoms with Crippen LogP contribution in [0.4, 0.5) is 0 Å². The molecule has 0 atom stereocenters. The number of benzene rings is 4. The Morgan fingerprint density at radius 3 is 2.47 bits per heavy atom. The quantitative estimate of drug-likeness (QED) is 0.240. The van der Waals surface area contributed by atoms with E-state index in [1.807, 2.05) is 19.2 Å². The largest absolute Gasteiger partial charge is 0.342 e. The van der Waals surface area contributed by atoms with Crippen molar-refractivity contribution in [2.75, 3.05) is 0 Å². The minimum absolute atomic E-state index is 0.388. The van der Waals surface area contributed by atoms with Gasteiger partial charge in [0.25, 0.3) is 0 Å². The monoisotopic (exact) mass is 493 g/mol. The molecule has 3 heterocycles. The highest BCUT2D eigenvalue weighted by molar-refractivity contribution is 6.22. The van der Waals surface area contributed by atoms with Crippen molar-refractivity contribution < 1.29 is 0 Å². The van der Waals surface area contributed by atoms with E-state index in [1.165, 1.54) is 33.4 Å². The molecule has 8 rings (SSSR count). The molecule has 3 aromatic heterocycles. The van der Waals surface area contributed by atoms with Crippen LogP contribution in [0.3, 0.4) is 0 Å². The first-order valence-corrected chi connectivity index (χ1v) is 13.4. The molecule has 5 heteroatoms. The second kappa shape index (κ2) is 7.75. The van der Waals surface area contributed by atoms with Crippen molar-refractivity contribution >= 4 is 43.7 Å². The summed E-state index contributed by atoms with van der Waals surface area (Å²) in [4.78, 5) is 21.5. The van der Waals surface area contributed by atoms with Crippen LogP contribution in [0.1, 0.15) is 42.5 Å². The summed E-state index contributed by atoms with van der Waals surface area (Å²) in [6.45, 7) is 6.38. The maximum atomic E-state index is 4.97. The molecule has 0 unspecified atom stereocenters. The van der Waals surface area contributed by atoms with Crippen LogP contribution in [0.2, 0.25) is 0 Å². The summed E-state index contributed by atoms with van der Waals surface area (Å²) in [7, 11) is 0. The molecule has 1 aliphatic rings. The van der Waals surface area contributed by atoms with E-state index in [2.05, 4.69) is 78.4 Å². The van der Waals surface area contributed by atoms with E-state index in [0.29, 0.717) is 5.92 Å². The maximum Gasteiger partial charge on any atom is 0.109 e. The van der Waals surface area contributed by atoms with Gasteiger partial charge in [0.15, 0.2) is 0 Å². The highest BCUT2D eigenvalue weighted by Crippen LogP contribution is 2.40. The first-order chi connectivity index (χ1) is 18.5.